The van der Waals surface area contributed by atoms with Crippen LogP contribution < -0.4 is 34.3 Å². The summed E-state index contributed by atoms with van der Waals surface area (Å²) in [5.74, 6) is 9.07. The topological polar surface area (TPSA) is 154 Å². The van der Waals surface area contributed by atoms with Gasteiger partial charge in [-0.2, -0.15) is 0 Å². The number of nitrogens with two attached hydrogens (primary N) is 5. The summed E-state index contributed by atoms with van der Waals surface area (Å²) < 4.78 is 0. The number of halogens is 1. The Bertz CT molecular complexity index is 120. The highest BCUT2D eigenvalue weighted by Gasteiger charge is 1.66. The Balaban J connectivity index is -0.000000107. The molecule has 0 aromatic carbocycles. The zero-order valence-electron chi connectivity index (χ0n) is 5.65. The predicted molar refractivity (Wildman–Crippen MR) is 51.4 cm³/mol. The molecule has 0 aliphatic heterocycles. The third-order valence-electron chi connectivity index (χ3n) is 0.291. The van der Waals surface area contributed by atoms with Crippen LogP contribution in [0.15, 0.2) is 5.10 Å². The van der Waals surface area contributed by atoms with Crippen LogP contribution in [0.5, 0.6) is 0 Å². The summed E-state index contributed by atoms with van der Waals surface area (Å²) in [5.41, 5.74) is 16.2. The van der Waals surface area contributed by atoms with E-state index in [1.807, 2.05) is 5.43 Å². The Hall–Kier alpha value is -0.990. The summed E-state index contributed by atoms with van der Waals surface area (Å²) in [4.78, 5) is 0. The molecule has 0 amide bonds. The fourth-order valence-electron chi connectivity index (χ4n) is 0. The quantitative estimate of drug-likeness (QED) is 0.0816. The number of guanidine groups is 1. The molecule has 0 saturated heterocycles. The van der Waals surface area contributed by atoms with Gasteiger partial charge in [-0.15, -0.1) is 17.5 Å². The second-order valence-corrected chi connectivity index (χ2v) is 1.50. The van der Waals surface area contributed by atoms with Crippen molar-refractivity contribution in [3.63, 3.8) is 0 Å². The minimum absolute atomic E-state index is 0. The smallest absolute Gasteiger partial charge is 0.208 e. The zero-order valence-corrected chi connectivity index (χ0v) is 7.28. The fraction of sp³-hybridized carbons (Fsp3) is 0. The maximum Gasteiger partial charge on any atom is 0.208 e. The summed E-state index contributed by atoms with van der Waals surface area (Å²) in [6.45, 7) is 0. The van der Waals surface area contributed by atoms with Gasteiger partial charge in [0.15, 0.2) is 5.11 Å². The van der Waals surface area contributed by atoms with Crippen LogP contribution >= 0.6 is 24.6 Å². The van der Waals surface area contributed by atoms with Crippen LogP contribution in [0.1, 0.15) is 0 Å². The summed E-state index contributed by atoms with van der Waals surface area (Å²) in [6.07, 6.45) is 0. The number of rotatable bonds is 0. The van der Waals surface area contributed by atoms with Crippen LogP contribution in [0.25, 0.3) is 0 Å². The van der Waals surface area contributed by atoms with Gasteiger partial charge in [-0.1, -0.05) is 0 Å². The van der Waals surface area contributed by atoms with Gasteiger partial charge in [-0.3, -0.25) is 0 Å². The number of hydrogen-bond donors (Lipinski definition) is 6. The minimum Gasteiger partial charge on any atom is -0.375 e. The van der Waals surface area contributed by atoms with Crippen LogP contribution in [-0.2, 0) is 0 Å². The number of nitrogens with zero attached hydrogens (tertiary/aromatic N) is 1. The highest BCUT2D eigenvalue weighted by Crippen LogP contribution is 1.40. The molecule has 0 saturated carbocycles. The fourth-order valence-corrected chi connectivity index (χ4v) is 0. The zero-order chi connectivity index (χ0) is 8.57. The van der Waals surface area contributed by atoms with Crippen molar-refractivity contribution in [2.24, 2.45) is 34.0 Å². The van der Waals surface area contributed by atoms with Crippen molar-refractivity contribution in [1.29, 1.82) is 0 Å². The number of hydrazone groups is 1. The number of nitrogens with one attached hydrogen (secondary N) is 1. The Labute approximate surface area is 75.7 Å². The molecule has 68 valence electrons. The minimum atomic E-state index is -0.0926. The Morgan fingerprint density at radius 3 is 1.45 bits per heavy atom. The first kappa shape index (κ1) is 16.5. The van der Waals surface area contributed by atoms with Gasteiger partial charge in [0.25, 0.3) is 0 Å². The van der Waals surface area contributed by atoms with Gasteiger partial charge in [0.1, 0.15) is 0 Å². The second-order valence-electron chi connectivity index (χ2n) is 1.06. The Morgan fingerprint density at radius 1 is 1.27 bits per heavy atom. The highest BCUT2D eigenvalue weighted by molar-refractivity contribution is 7.80. The van der Waals surface area contributed by atoms with E-state index in [2.05, 4.69) is 29.0 Å². The highest BCUT2D eigenvalue weighted by atomic mass is 35.5. The van der Waals surface area contributed by atoms with Crippen molar-refractivity contribution >= 4 is 35.7 Å². The van der Waals surface area contributed by atoms with Gasteiger partial charge in [0.05, 0.1) is 0 Å². The first-order chi connectivity index (χ1) is 4.54. The molecule has 0 heterocycles. The third-order valence-corrected chi connectivity index (χ3v) is 0.409. The molecule has 0 unspecified atom stereocenters. The van der Waals surface area contributed by atoms with E-state index in [0.29, 0.717) is 0 Å². The lowest BCUT2D eigenvalue weighted by Gasteiger charge is -1.85. The van der Waals surface area contributed by atoms with Crippen molar-refractivity contribution in [2.45, 2.75) is 0 Å². The molecule has 0 spiro atoms. The maximum atomic E-state index is 4.79. The van der Waals surface area contributed by atoms with Crippen LogP contribution in [-0.4, -0.2) is 11.1 Å². The normalized spacial score (nSPS) is 5.91. The van der Waals surface area contributed by atoms with Gasteiger partial charge in [0, 0.05) is 0 Å². The van der Waals surface area contributed by atoms with Gasteiger partial charge in [-0.25, -0.2) is 5.84 Å². The van der Waals surface area contributed by atoms with Crippen LogP contribution in [0.3, 0.4) is 0 Å². The molecule has 0 aliphatic rings. The molecule has 0 radical (unpaired) electrons. The molecule has 0 aliphatic carbocycles. The van der Waals surface area contributed by atoms with Gasteiger partial charge < -0.3 is 28.5 Å². The molecular weight excluding hydrogens is 190 g/mol. The standard InChI is InChI=1S/CH6N4.CH5N3S.ClH/c2-1(3)5-4;2-1(5)4-3;/h4H2,(H4,2,3,5);3H2,(H3,2,4,5);1H. The van der Waals surface area contributed by atoms with E-state index in [9.17, 15) is 0 Å². The largest absolute Gasteiger partial charge is 0.375 e. The van der Waals surface area contributed by atoms with E-state index in [0.717, 1.165) is 0 Å². The molecular formula is C2H12ClN7S. The predicted octanol–water partition coefficient (Wildman–Crippen LogP) is -2.75. The van der Waals surface area contributed by atoms with E-state index in [1.165, 1.54) is 0 Å². The van der Waals surface area contributed by atoms with E-state index in [-0.39, 0.29) is 23.5 Å². The van der Waals surface area contributed by atoms with E-state index >= 15 is 0 Å². The first-order valence-corrected chi connectivity index (χ1v) is 2.50. The lowest BCUT2D eigenvalue weighted by atomic mass is 11.1. The van der Waals surface area contributed by atoms with Crippen molar-refractivity contribution < 1.29 is 0 Å². The molecule has 7 nitrogen and oxygen atoms in total. The Morgan fingerprint density at radius 2 is 1.45 bits per heavy atom. The monoisotopic (exact) mass is 201 g/mol. The molecule has 9 heteroatoms. The summed E-state index contributed by atoms with van der Waals surface area (Å²) >= 11 is 4.24. The molecule has 0 bridgehead atoms. The maximum absolute atomic E-state index is 4.79. The number of thiocarbonyl (C=S) groups is 1. The van der Waals surface area contributed by atoms with E-state index in [4.69, 9.17) is 17.2 Å². The van der Waals surface area contributed by atoms with Crippen molar-refractivity contribution in [2.75, 3.05) is 0 Å². The SMILES string of the molecule is Cl.NN=C(N)N.NNC(N)=S. The number of hydrogen-bond acceptors (Lipinski definition) is 4. The summed E-state index contributed by atoms with van der Waals surface area (Å²) in [7, 11) is 0. The van der Waals surface area contributed by atoms with E-state index < -0.39 is 0 Å². The van der Waals surface area contributed by atoms with Crippen molar-refractivity contribution in [3.8, 4) is 0 Å². The lowest BCUT2D eigenvalue weighted by Crippen LogP contribution is -2.34. The third kappa shape index (κ3) is 48.9. The Kier molecular flexibility index (Phi) is 17.7. The van der Waals surface area contributed by atoms with Crippen LogP contribution in [0.4, 0.5) is 0 Å². The van der Waals surface area contributed by atoms with Crippen LogP contribution in [0, 0.1) is 0 Å². The molecule has 0 aromatic rings. The molecule has 0 fully saturated rings. The molecule has 0 rings (SSSR count). The van der Waals surface area contributed by atoms with Crippen molar-refractivity contribution in [1.82, 2.24) is 5.43 Å². The summed E-state index contributed by atoms with van der Waals surface area (Å²) in [5, 5.41) is 2.98. The van der Waals surface area contributed by atoms with Gasteiger partial charge in [0.2, 0.25) is 5.96 Å². The lowest BCUT2D eigenvalue weighted by molar-refractivity contribution is 1.03. The van der Waals surface area contributed by atoms with Gasteiger partial charge in [-0.05, 0) is 12.2 Å². The van der Waals surface area contributed by atoms with Crippen molar-refractivity contribution in [3.05, 3.63) is 0 Å². The first-order valence-electron chi connectivity index (χ1n) is 2.09. The molecule has 11 N–H and O–H groups in total. The van der Waals surface area contributed by atoms with E-state index in [1.54, 1.807) is 0 Å². The average molecular weight is 202 g/mol. The molecule has 11 heavy (non-hydrogen) atoms. The number of hydrazine groups is 1. The molecule has 0 atom stereocenters. The average Bonchev–Trinajstić information content (AvgIpc) is 1.89. The molecule has 0 aromatic heterocycles. The van der Waals surface area contributed by atoms with Crippen LogP contribution in [0.2, 0.25) is 0 Å². The summed E-state index contributed by atoms with van der Waals surface area (Å²) in [6, 6.07) is 0. The van der Waals surface area contributed by atoms with Gasteiger partial charge >= 0.3 is 0 Å². The second kappa shape index (κ2) is 11.8.